The maximum Gasteiger partial charge on any atom is 0.190 e. The highest BCUT2D eigenvalue weighted by molar-refractivity contribution is 4.98. The molecule has 0 amide bonds. The number of hydrogen-bond donors (Lipinski definition) is 1. The van der Waals surface area contributed by atoms with Crippen LogP contribution in [0.15, 0.2) is 0 Å². The van der Waals surface area contributed by atoms with Crippen molar-refractivity contribution in [3.8, 4) is 0 Å². The van der Waals surface area contributed by atoms with Crippen LogP contribution in [-0.2, 0) is 23.7 Å². The second-order valence-corrected chi connectivity index (χ2v) is 6.01. The van der Waals surface area contributed by atoms with E-state index in [4.69, 9.17) is 23.7 Å². The number of ether oxygens (including phenoxy) is 5. The van der Waals surface area contributed by atoms with Crippen LogP contribution in [0, 0.1) is 0 Å². The molecule has 6 heteroatoms. The van der Waals surface area contributed by atoms with Gasteiger partial charge in [0.1, 0.15) is 24.4 Å². The number of aliphatic hydroxyl groups is 1. The predicted molar refractivity (Wildman–Crippen MR) is 64.2 cm³/mol. The van der Waals surface area contributed by atoms with Gasteiger partial charge < -0.3 is 28.8 Å². The van der Waals surface area contributed by atoms with Crippen LogP contribution in [0.5, 0.6) is 0 Å². The molecule has 3 aliphatic rings. The molecule has 0 aromatic heterocycles. The van der Waals surface area contributed by atoms with Gasteiger partial charge in [-0.05, 0) is 27.2 Å². The molecule has 0 bridgehead atoms. The van der Waals surface area contributed by atoms with Gasteiger partial charge in [0.2, 0.25) is 0 Å². The van der Waals surface area contributed by atoms with Crippen LogP contribution in [0.4, 0.5) is 0 Å². The van der Waals surface area contributed by atoms with Gasteiger partial charge in [-0.15, -0.1) is 0 Å². The maximum atomic E-state index is 10.4. The lowest BCUT2D eigenvalue weighted by molar-refractivity contribution is -0.240. The highest BCUT2D eigenvalue weighted by atomic mass is 16.8. The topological polar surface area (TPSA) is 66.4 Å². The third kappa shape index (κ3) is 2.30. The fraction of sp³-hybridized carbons (Fsp3) is 1.00. The molecule has 3 fully saturated rings. The third-order valence-corrected chi connectivity index (χ3v) is 4.02. The minimum atomic E-state index is -0.763. The molecule has 6 unspecified atom stereocenters. The Bertz CT molecular complexity index is 359. The van der Waals surface area contributed by atoms with E-state index in [0.717, 1.165) is 0 Å². The van der Waals surface area contributed by atoms with Crippen molar-refractivity contribution in [2.75, 3.05) is 6.61 Å². The monoisotopic (exact) mass is 274 g/mol. The van der Waals surface area contributed by atoms with Crippen LogP contribution >= 0.6 is 0 Å². The highest BCUT2D eigenvalue weighted by Crippen LogP contribution is 2.41. The molecule has 3 heterocycles. The molecule has 0 radical (unpaired) electrons. The molecule has 110 valence electrons. The van der Waals surface area contributed by atoms with E-state index >= 15 is 0 Å². The lowest BCUT2D eigenvalue weighted by Crippen LogP contribution is -2.42. The second-order valence-electron chi connectivity index (χ2n) is 6.01. The van der Waals surface area contributed by atoms with E-state index in [1.54, 1.807) is 0 Å². The first kappa shape index (κ1) is 13.7. The zero-order chi connectivity index (χ0) is 13.8. The van der Waals surface area contributed by atoms with Gasteiger partial charge in [0.15, 0.2) is 17.9 Å². The van der Waals surface area contributed by atoms with Crippen LogP contribution < -0.4 is 0 Å². The van der Waals surface area contributed by atoms with Crippen molar-refractivity contribution >= 4 is 0 Å². The minimum absolute atomic E-state index is 0.296. The van der Waals surface area contributed by atoms with E-state index in [0.29, 0.717) is 13.0 Å². The zero-order valence-electron chi connectivity index (χ0n) is 11.8. The van der Waals surface area contributed by atoms with Gasteiger partial charge in [-0.3, -0.25) is 0 Å². The quantitative estimate of drug-likeness (QED) is 0.802. The lowest BCUT2D eigenvalue weighted by atomic mass is 10.1. The highest BCUT2D eigenvalue weighted by Gasteiger charge is 2.58. The molecule has 0 saturated carbocycles. The molecule has 3 saturated heterocycles. The predicted octanol–water partition coefficient (Wildman–Crippen LogP) is 0.765. The molecular weight excluding hydrogens is 252 g/mol. The minimum Gasteiger partial charge on any atom is -0.387 e. The Labute approximate surface area is 112 Å². The number of rotatable bonds is 2. The van der Waals surface area contributed by atoms with E-state index in [-0.39, 0.29) is 6.10 Å². The van der Waals surface area contributed by atoms with Gasteiger partial charge in [0, 0.05) is 0 Å². The van der Waals surface area contributed by atoms with Gasteiger partial charge >= 0.3 is 0 Å². The van der Waals surface area contributed by atoms with Crippen molar-refractivity contribution < 1.29 is 28.8 Å². The Morgan fingerprint density at radius 2 is 1.84 bits per heavy atom. The Balaban J connectivity index is 1.67. The molecule has 0 aromatic carbocycles. The average molecular weight is 274 g/mol. The van der Waals surface area contributed by atoms with Crippen LogP contribution in [0.2, 0.25) is 0 Å². The molecule has 19 heavy (non-hydrogen) atoms. The summed E-state index contributed by atoms with van der Waals surface area (Å²) < 4.78 is 28.5. The van der Waals surface area contributed by atoms with Crippen LogP contribution in [0.3, 0.4) is 0 Å². The summed E-state index contributed by atoms with van der Waals surface area (Å²) in [7, 11) is 0. The SMILES string of the molecule is CCC1(C)OC2OC(C3COC(C)(C)O3)C(O)C2O1. The normalized spacial score (nSPS) is 52.6. The molecule has 0 aromatic rings. The van der Waals surface area contributed by atoms with Crippen LogP contribution in [0.25, 0.3) is 0 Å². The van der Waals surface area contributed by atoms with Gasteiger partial charge in [0.25, 0.3) is 0 Å². The summed E-state index contributed by atoms with van der Waals surface area (Å²) in [6.45, 7) is 7.92. The molecule has 3 aliphatic heterocycles. The van der Waals surface area contributed by atoms with Crippen molar-refractivity contribution in [3.63, 3.8) is 0 Å². The molecule has 1 N–H and O–H groups in total. The van der Waals surface area contributed by atoms with Crippen molar-refractivity contribution in [3.05, 3.63) is 0 Å². The number of hydrogen-bond acceptors (Lipinski definition) is 6. The molecule has 3 rings (SSSR count). The summed E-state index contributed by atoms with van der Waals surface area (Å²) in [5.74, 6) is -1.31. The smallest absolute Gasteiger partial charge is 0.190 e. The molecule has 6 atom stereocenters. The van der Waals surface area contributed by atoms with Crippen LogP contribution in [-0.4, -0.2) is 54.0 Å². The van der Waals surface area contributed by atoms with Crippen molar-refractivity contribution in [2.24, 2.45) is 0 Å². The largest absolute Gasteiger partial charge is 0.387 e. The lowest BCUT2D eigenvalue weighted by Gasteiger charge is -2.27. The molecule has 0 spiro atoms. The maximum absolute atomic E-state index is 10.4. The van der Waals surface area contributed by atoms with Gasteiger partial charge in [-0.2, -0.15) is 0 Å². The average Bonchev–Trinajstić information content (AvgIpc) is 2.94. The second kappa shape index (κ2) is 4.38. The first-order chi connectivity index (χ1) is 8.84. The summed E-state index contributed by atoms with van der Waals surface area (Å²) in [4.78, 5) is 0. The third-order valence-electron chi connectivity index (χ3n) is 4.02. The Morgan fingerprint density at radius 1 is 1.11 bits per heavy atom. The zero-order valence-corrected chi connectivity index (χ0v) is 11.8. The summed E-state index contributed by atoms with van der Waals surface area (Å²) in [5, 5.41) is 10.4. The molecule has 6 nitrogen and oxygen atoms in total. The van der Waals surface area contributed by atoms with E-state index in [1.807, 2.05) is 27.7 Å². The standard InChI is InChI=1S/C13H22O6/c1-5-13(4)18-10-8(14)9(16-11(10)19-13)7-6-15-12(2,3)17-7/h7-11,14H,5-6H2,1-4H3. The van der Waals surface area contributed by atoms with Crippen molar-refractivity contribution in [1.29, 1.82) is 0 Å². The van der Waals surface area contributed by atoms with Crippen LogP contribution in [0.1, 0.15) is 34.1 Å². The summed E-state index contributed by atoms with van der Waals surface area (Å²) in [6, 6.07) is 0. The summed E-state index contributed by atoms with van der Waals surface area (Å²) >= 11 is 0. The molecular formula is C13H22O6. The fourth-order valence-corrected chi connectivity index (χ4v) is 2.79. The Morgan fingerprint density at radius 3 is 2.37 bits per heavy atom. The van der Waals surface area contributed by atoms with E-state index < -0.39 is 36.2 Å². The van der Waals surface area contributed by atoms with E-state index in [9.17, 15) is 5.11 Å². The van der Waals surface area contributed by atoms with Gasteiger partial charge in [-0.25, -0.2) is 0 Å². The first-order valence-corrected chi connectivity index (χ1v) is 6.84. The Kier molecular flexibility index (Phi) is 3.16. The fourth-order valence-electron chi connectivity index (χ4n) is 2.79. The van der Waals surface area contributed by atoms with E-state index in [2.05, 4.69) is 0 Å². The number of fused-ring (bicyclic) bond motifs is 1. The van der Waals surface area contributed by atoms with Crippen molar-refractivity contribution in [2.45, 2.75) is 76.4 Å². The first-order valence-electron chi connectivity index (χ1n) is 6.84. The number of aliphatic hydroxyl groups excluding tert-OH is 1. The van der Waals surface area contributed by atoms with Gasteiger partial charge in [-0.1, -0.05) is 6.92 Å². The van der Waals surface area contributed by atoms with E-state index in [1.165, 1.54) is 0 Å². The van der Waals surface area contributed by atoms with Crippen molar-refractivity contribution in [1.82, 2.24) is 0 Å². The summed E-state index contributed by atoms with van der Waals surface area (Å²) in [6.07, 6.45) is -1.81. The van der Waals surface area contributed by atoms with Gasteiger partial charge in [0.05, 0.1) is 6.61 Å². The summed E-state index contributed by atoms with van der Waals surface area (Å²) in [5.41, 5.74) is 0. The molecule has 0 aliphatic carbocycles. The Hall–Kier alpha value is -0.240.